The molecule has 1 saturated heterocycles. The molecule has 0 spiro atoms. The molecule has 19 heavy (non-hydrogen) atoms. The number of amides is 2. The summed E-state index contributed by atoms with van der Waals surface area (Å²) in [6.45, 7) is 11.6. The standard InChI is InChI=1S/C14H26N2O3/c1-13(2,3)9-14(4,5)15-12(19)16-7-10(8-16)6-11(17)18/h10H,6-9H2,1-5H3,(H,15,19)(H,17,18). The third kappa shape index (κ3) is 5.49. The van der Waals surface area contributed by atoms with Crippen LogP contribution in [0.2, 0.25) is 0 Å². The molecule has 110 valence electrons. The molecule has 0 aliphatic carbocycles. The fraction of sp³-hybridized carbons (Fsp3) is 0.857. The summed E-state index contributed by atoms with van der Waals surface area (Å²) in [5.74, 6) is -0.688. The molecule has 0 saturated carbocycles. The molecule has 1 aliphatic rings. The molecule has 1 heterocycles. The van der Waals surface area contributed by atoms with E-state index in [0.29, 0.717) is 13.1 Å². The summed E-state index contributed by atoms with van der Waals surface area (Å²) in [5.41, 5.74) is -0.106. The summed E-state index contributed by atoms with van der Waals surface area (Å²) in [5, 5.41) is 11.7. The second-order valence-electron chi connectivity index (χ2n) is 7.42. The van der Waals surface area contributed by atoms with E-state index in [1.807, 2.05) is 13.8 Å². The van der Waals surface area contributed by atoms with Crippen molar-refractivity contribution in [3.05, 3.63) is 0 Å². The number of carbonyl (C=O) groups is 2. The summed E-state index contributed by atoms with van der Waals surface area (Å²) in [6.07, 6.45) is 1.04. The van der Waals surface area contributed by atoms with Crippen LogP contribution in [0.25, 0.3) is 0 Å². The van der Waals surface area contributed by atoms with Crippen LogP contribution in [0, 0.1) is 11.3 Å². The van der Waals surface area contributed by atoms with Crippen LogP contribution < -0.4 is 5.32 Å². The van der Waals surface area contributed by atoms with Gasteiger partial charge in [-0.1, -0.05) is 20.8 Å². The number of carbonyl (C=O) groups excluding carboxylic acids is 1. The molecule has 5 heteroatoms. The SMILES string of the molecule is CC(C)(C)CC(C)(C)NC(=O)N1CC(CC(=O)O)C1. The van der Waals surface area contributed by atoms with Gasteiger partial charge in [0.25, 0.3) is 0 Å². The fourth-order valence-electron chi connectivity index (χ4n) is 2.85. The number of carboxylic acid groups (broad SMARTS) is 1. The molecule has 1 rings (SSSR count). The summed E-state index contributed by atoms with van der Waals surface area (Å²) < 4.78 is 0. The molecule has 5 nitrogen and oxygen atoms in total. The van der Waals surface area contributed by atoms with Crippen LogP contribution in [0.3, 0.4) is 0 Å². The van der Waals surface area contributed by atoms with Gasteiger partial charge in [-0.3, -0.25) is 4.79 Å². The number of carboxylic acids is 1. The van der Waals surface area contributed by atoms with Gasteiger partial charge in [0, 0.05) is 24.5 Å². The number of hydrogen-bond acceptors (Lipinski definition) is 2. The lowest BCUT2D eigenvalue weighted by Gasteiger charge is -2.41. The smallest absolute Gasteiger partial charge is 0.317 e. The molecule has 1 fully saturated rings. The van der Waals surface area contributed by atoms with Crippen LogP contribution in [0.1, 0.15) is 47.5 Å². The Hall–Kier alpha value is -1.26. The second-order valence-corrected chi connectivity index (χ2v) is 7.42. The third-order valence-corrected chi connectivity index (χ3v) is 3.13. The zero-order valence-electron chi connectivity index (χ0n) is 12.6. The van der Waals surface area contributed by atoms with Gasteiger partial charge >= 0.3 is 12.0 Å². The summed E-state index contributed by atoms with van der Waals surface area (Å²) in [4.78, 5) is 24.2. The fourth-order valence-corrected chi connectivity index (χ4v) is 2.85. The van der Waals surface area contributed by atoms with Crippen molar-refractivity contribution in [2.24, 2.45) is 11.3 Å². The number of likely N-dealkylation sites (tertiary alicyclic amines) is 1. The maximum Gasteiger partial charge on any atom is 0.317 e. The van der Waals surface area contributed by atoms with Crippen LogP contribution in [-0.2, 0) is 4.79 Å². The van der Waals surface area contributed by atoms with E-state index in [4.69, 9.17) is 5.11 Å². The largest absolute Gasteiger partial charge is 0.481 e. The van der Waals surface area contributed by atoms with Gasteiger partial charge in [0.05, 0.1) is 6.42 Å². The lowest BCUT2D eigenvalue weighted by molar-refractivity contribution is -0.139. The maximum absolute atomic E-state index is 12.0. The topological polar surface area (TPSA) is 69.6 Å². The van der Waals surface area contributed by atoms with Crippen molar-refractivity contribution in [3.8, 4) is 0 Å². The molecule has 0 atom stereocenters. The number of nitrogens with zero attached hydrogens (tertiary/aromatic N) is 1. The summed E-state index contributed by atoms with van der Waals surface area (Å²) in [7, 11) is 0. The summed E-state index contributed by atoms with van der Waals surface area (Å²) in [6, 6.07) is -0.0871. The van der Waals surface area contributed by atoms with E-state index in [-0.39, 0.29) is 29.3 Å². The van der Waals surface area contributed by atoms with Crippen LogP contribution in [0.4, 0.5) is 4.79 Å². The molecule has 0 aromatic rings. The quantitative estimate of drug-likeness (QED) is 0.823. The van der Waals surface area contributed by atoms with Crippen molar-refractivity contribution in [1.82, 2.24) is 10.2 Å². The van der Waals surface area contributed by atoms with Crippen molar-refractivity contribution < 1.29 is 14.7 Å². The van der Waals surface area contributed by atoms with E-state index in [9.17, 15) is 9.59 Å². The first-order valence-electron chi connectivity index (χ1n) is 6.77. The molecule has 2 amide bonds. The Morgan fingerprint density at radius 3 is 2.16 bits per heavy atom. The number of hydrogen-bond donors (Lipinski definition) is 2. The van der Waals surface area contributed by atoms with E-state index >= 15 is 0 Å². The molecule has 0 bridgehead atoms. The molecule has 0 aromatic heterocycles. The van der Waals surface area contributed by atoms with Crippen LogP contribution >= 0.6 is 0 Å². The van der Waals surface area contributed by atoms with E-state index in [0.717, 1.165) is 6.42 Å². The Balaban J connectivity index is 2.38. The lowest BCUT2D eigenvalue weighted by atomic mass is 9.82. The predicted octanol–water partition coefficient (Wildman–Crippen LogP) is 2.32. The average Bonchev–Trinajstić information content (AvgIpc) is 2.03. The molecular weight excluding hydrogens is 244 g/mol. The first-order chi connectivity index (χ1) is 8.48. The zero-order chi connectivity index (χ0) is 14.8. The highest BCUT2D eigenvalue weighted by Crippen LogP contribution is 2.27. The first-order valence-corrected chi connectivity index (χ1v) is 6.77. The van der Waals surface area contributed by atoms with Gasteiger partial charge in [0.1, 0.15) is 0 Å². The van der Waals surface area contributed by atoms with E-state index < -0.39 is 5.97 Å². The van der Waals surface area contributed by atoms with Crippen molar-refractivity contribution >= 4 is 12.0 Å². The number of rotatable bonds is 4. The van der Waals surface area contributed by atoms with Crippen molar-refractivity contribution in [1.29, 1.82) is 0 Å². The minimum Gasteiger partial charge on any atom is -0.481 e. The molecule has 0 aromatic carbocycles. The predicted molar refractivity (Wildman–Crippen MR) is 74.0 cm³/mol. The highest BCUT2D eigenvalue weighted by molar-refractivity contribution is 5.76. The van der Waals surface area contributed by atoms with Gasteiger partial charge < -0.3 is 15.3 Å². The van der Waals surface area contributed by atoms with Crippen LogP contribution in [0.15, 0.2) is 0 Å². The molecule has 2 N–H and O–H groups in total. The highest BCUT2D eigenvalue weighted by atomic mass is 16.4. The molecular formula is C14H26N2O3. The first kappa shape index (κ1) is 15.8. The van der Waals surface area contributed by atoms with Crippen molar-refractivity contribution in [2.75, 3.05) is 13.1 Å². The Bertz CT molecular complexity index is 352. The van der Waals surface area contributed by atoms with Gasteiger partial charge in [-0.2, -0.15) is 0 Å². The Morgan fingerprint density at radius 1 is 1.21 bits per heavy atom. The Kier molecular flexibility index (Phi) is 4.48. The second kappa shape index (κ2) is 5.39. The van der Waals surface area contributed by atoms with Gasteiger partial charge in [0.15, 0.2) is 0 Å². The molecule has 0 unspecified atom stereocenters. The monoisotopic (exact) mass is 270 g/mol. The maximum atomic E-state index is 12.0. The minimum atomic E-state index is -0.793. The number of aliphatic carboxylic acids is 1. The van der Waals surface area contributed by atoms with E-state index in [1.165, 1.54) is 0 Å². The molecule has 1 aliphatic heterocycles. The Labute approximate surface area is 115 Å². The minimum absolute atomic E-state index is 0.0871. The zero-order valence-corrected chi connectivity index (χ0v) is 12.6. The normalized spacial score (nSPS) is 17.0. The van der Waals surface area contributed by atoms with Gasteiger partial charge in [-0.25, -0.2) is 4.79 Å². The third-order valence-electron chi connectivity index (χ3n) is 3.13. The van der Waals surface area contributed by atoms with E-state index in [2.05, 4.69) is 26.1 Å². The molecule has 0 radical (unpaired) electrons. The van der Waals surface area contributed by atoms with Crippen molar-refractivity contribution in [3.63, 3.8) is 0 Å². The Morgan fingerprint density at radius 2 is 1.74 bits per heavy atom. The van der Waals surface area contributed by atoms with Gasteiger partial charge in [0.2, 0.25) is 0 Å². The highest BCUT2D eigenvalue weighted by Gasteiger charge is 2.35. The number of nitrogens with one attached hydrogen (secondary N) is 1. The average molecular weight is 270 g/mol. The summed E-state index contributed by atoms with van der Waals surface area (Å²) >= 11 is 0. The number of urea groups is 1. The lowest BCUT2D eigenvalue weighted by Crippen LogP contribution is -2.58. The van der Waals surface area contributed by atoms with Crippen LogP contribution in [0.5, 0.6) is 0 Å². The van der Waals surface area contributed by atoms with Gasteiger partial charge in [-0.15, -0.1) is 0 Å². The van der Waals surface area contributed by atoms with Crippen molar-refractivity contribution in [2.45, 2.75) is 53.0 Å². The van der Waals surface area contributed by atoms with Crippen LogP contribution in [-0.4, -0.2) is 40.6 Å². The van der Waals surface area contributed by atoms with E-state index in [1.54, 1.807) is 4.90 Å². The van der Waals surface area contributed by atoms with Gasteiger partial charge in [-0.05, 0) is 25.7 Å².